The lowest BCUT2D eigenvalue weighted by molar-refractivity contribution is 0.363. The van der Waals surface area contributed by atoms with Crippen LogP contribution in [0.2, 0.25) is 0 Å². The minimum absolute atomic E-state index is 0.707. The molecule has 1 aromatic heterocycles. The summed E-state index contributed by atoms with van der Waals surface area (Å²) < 4.78 is 15.4. The summed E-state index contributed by atoms with van der Waals surface area (Å²) >= 11 is 0. The van der Waals surface area contributed by atoms with Gasteiger partial charge in [0.25, 0.3) is 0 Å². The third kappa shape index (κ3) is 4.31. The van der Waals surface area contributed by atoms with E-state index < -0.39 is 0 Å². The predicted octanol–water partition coefficient (Wildman–Crippen LogP) is 11.8. The van der Waals surface area contributed by atoms with Crippen molar-refractivity contribution in [3.05, 3.63) is 170 Å². The van der Waals surface area contributed by atoms with Gasteiger partial charge in [0.2, 0.25) is 0 Å². The molecule has 0 amide bonds. The van der Waals surface area contributed by atoms with Crippen molar-refractivity contribution in [2.45, 2.75) is 0 Å². The number of aromatic nitrogens is 1. The molecule has 8 aromatic rings. The van der Waals surface area contributed by atoms with Crippen molar-refractivity contribution in [1.82, 2.24) is 4.57 Å². The Balaban J connectivity index is 1.29. The molecule has 46 heavy (non-hydrogen) atoms. The Morgan fingerprint density at radius 3 is 1.65 bits per heavy atom. The maximum atomic E-state index is 6.64. The normalized spacial score (nSPS) is 11.8. The van der Waals surface area contributed by atoms with Crippen LogP contribution >= 0.6 is 0 Å². The molecule has 9 rings (SSSR count). The zero-order valence-electron chi connectivity index (χ0n) is 24.9. The number of ether oxygens (including phenoxy) is 2. The molecule has 0 unspecified atom stereocenters. The van der Waals surface area contributed by atoms with Crippen molar-refractivity contribution in [3.8, 4) is 39.8 Å². The second kappa shape index (κ2) is 10.7. The molecular weight excluding hydrogens is 564 g/mol. The highest BCUT2D eigenvalue weighted by atomic mass is 16.6. The summed E-state index contributed by atoms with van der Waals surface area (Å²) in [5.41, 5.74) is 8.81. The smallest absolute Gasteiger partial charge is 0.180 e. The van der Waals surface area contributed by atoms with Gasteiger partial charge in [0, 0.05) is 28.1 Å². The summed E-state index contributed by atoms with van der Waals surface area (Å²) in [7, 11) is 0. The fourth-order valence-corrected chi connectivity index (χ4v) is 6.53. The molecule has 0 saturated heterocycles. The van der Waals surface area contributed by atoms with E-state index in [4.69, 9.17) is 9.47 Å². The highest BCUT2D eigenvalue weighted by molar-refractivity contribution is 6.14. The molecule has 0 N–H and O–H groups in total. The second-order valence-electron chi connectivity index (χ2n) is 11.4. The van der Waals surface area contributed by atoms with Crippen LogP contribution in [0.5, 0.6) is 23.0 Å². The Bertz CT molecular complexity index is 2310. The number of rotatable bonds is 5. The lowest BCUT2D eigenvalue weighted by Crippen LogP contribution is -2.09. The van der Waals surface area contributed by atoms with Crippen LogP contribution in [0.15, 0.2) is 170 Å². The molecule has 0 saturated carbocycles. The van der Waals surface area contributed by atoms with Gasteiger partial charge in [-0.05, 0) is 90.0 Å². The zero-order chi connectivity index (χ0) is 30.5. The Hall–Kier alpha value is -6.26. The van der Waals surface area contributed by atoms with Crippen molar-refractivity contribution < 1.29 is 9.47 Å². The van der Waals surface area contributed by atoms with E-state index in [-0.39, 0.29) is 0 Å². The molecule has 1 aliphatic rings. The first-order valence-electron chi connectivity index (χ1n) is 15.4. The van der Waals surface area contributed by atoms with E-state index in [1.54, 1.807) is 0 Å². The van der Waals surface area contributed by atoms with E-state index in [0.717, 1.165) is 56.1 Å². The van der Waals surface area contributed by atoms with Crippen LogP contribution in [0, 0.1) is 0 Å². The van der Waals surface area contributed by atoms with Crippen LogP contribution in [0.3, 0.4) is 0 Å². The minimum atomic E-state index is 0.707. The van der Waals surface area contributed by atoms with Crippen LogP contribution in [0.25, 0.3) is 38.6 Å². The SMILES string of the molecule is c1ccc(-c2ccc(-n3c4ccc(N(c5ccccc5)c5ccccc5)cc4c4c5c(ccc43)Oc3ccccc3O5)cc2)cc1. The molecule has 0 fully saturated rings. The lowest BCUT2D eigenvalue weighted by atomic mass is 10.1. The van der Waals surface area contributed by atoms with E-state index in [1.165, 1.54) is 11.1 Å². The summed E-state index contributed by atoms with van der Waals surface area (Å²) in [5.74, 6) is 2.86. The number of nitrogens with zero attached hydrogens (tertiary/aromatic N) is 2. The van der Waals surface area contributed by atoms with Gasteiger partial charge in [-0.25, -0.2) is 0 Å². The second-order valence-corrected chi connectivity index (χ2v) is 11.4. The van der Waals surface area contributed by atoms with Crippen molar-refractivity contribution in [2.75, 3.05) is 4.90 Å². The van der Waals surface area contributed by atoms with Crippen LogP contribution in [0.1, 0.15) is 0 Å². The highest BCUT2D eigenvalue weighted by Crippen LogP contribution is 2.52. The summed E-state index contributed by atoms with van der Waals surface area (Å²) in [4.78, 5) is 2.29. The topological polar surface area (TPSA) is 26.6 Å². The van der Waals surface area contributed by atoms with Gasteiger partial charge in [-0.2, -0.15) is 0 Å². The molecule has 0 radical (unpaired) electrons. The lowest BCUT2D eigenvalue weighted by Gasteiger charge is -2.25. The number of fused-ring (bicyclic) bond motifs is 6. The first kappa shape index (κ1) is 26.2. The van der Waals surface area contributed by atoms with E-state index in [1.807, 2.05) is 48.5 Å². The van der Waals surface area contributed by atoms with Crippen LogP contribution in [-0.2, 0) is 0 Å². The number of benzene rings is 7. The van der Waals surface area contributed by atoms with Crippen LogP contribution < -0.4 is 14.4 Å². The summed E-state index contributed by atoms with van der Waals surface area (Å²) in [6.07, 6.45) is 0. The molecule has 1 aliphatic heterocycles. The van der Waals surface area contributed by atoms with Gasteiger partial charge in [-0.3, -0.25) is 0 Å². The molecule has 4 nitrogen and oxygen atoms in total. The van der Waals surface area contributed by atoms with Gasteiger partial charge in [-0.15, -0.1) is 0 Å². The quantitative estimate of drug-likeness (QED) is 0.199. The summed E-state index contributed by atoms with van der Waals surface area (Å²) in [6, 6.07) is 58.9. The predicted molar refractivity (Wildman–Crippen MR) is 187 cm³/mol. The number of anilines is 3. The minimum Gasteiger partial charge on any atom is -0.449 e. The van der Waals surface area contributed by atoms with Gasteiger partial charge < -0.3 is 18.9 Å². The Morgan fingerprint density at radius 2 is 0.978 bits per heavy atom. The molecule has 218 valence electrons. The number of hydrogen-bond acceptors (Lipinski definition) is 3. The Labute approximate surface area is 266 Å². The molecular formula is C42H28N2O2. The van der Waals surface area contributed by atoms with E-state index >= 15 is 0 Å². The van der Waals surface area contributed by atoms with Gasteiger partial charge in [0.05, 0.1) is 16.4 Å². The Morgan fingerprint density at radius 1 is 0.413 bits per heavy atom. The maximum Gasteiger partial charge on any atom is 0.180 e. The van der Waals surface area contributed by atoms with Gasteiger partial charge >= 0.3 is 0 Å². The van der Waals surface area contributed by atoms with Gasteiger partial charge in [0.15, 0.2) is 23.0 Å². The highest BCUT2D eigenvalue weighted by Gasteiger charge is 2.26. The summed E-state index contributed by atoms with van der Waals surface area (Å²) in [5, 5.41) is 2.09. The average Bonchev–Trinajstić information content (AvgIpc) is 3.46. The first-order valence-corrected chi connectivity index (χ1v) is 15.4. The molecule has 7 aromatic carbocycles. The third-order valence-corrected chi connectivity index (χ3v) is 8.63. The average molecular weight is 593 g/mol. The number of hydrogen-bond donors (Lipinski definition) is 0. The molecule has 4 heteroatoms. The zero-order valence-corrected chi connectivity index (χ0v) is 24.9. The van der Waals surface area contributed by atoms with Gasteiger partial charge in [0.1, 0.15) is 0 Å². The van der Waals surface area contributed by atoms with E-state index in [2.05, 4.69) is 131 Å². The molecule has 0 spiro atoms. The largest absolute Gasteiger partial charge is 0.449 e. The Kier molecular flexibility index (Phi) is 6.10. The van der Waals surface area contributed by atoms with E-state index in [9.17, 15) is 0 Å². The number of para-hydroxylation sites is 4. The third-order valence-electron chi connectivity index (χ3n) is 8.63. The molecule has 0 atom stereocenters. The van der Waals surface area contributed by atoms with Crippen molar-refractivity contribution >= 4 is 38.9 Å². The molecule has 2 heterocycles. The first-order chi connectivity index (χ1) is 22.8. The monoisotopic (exact) mass is 592 g/mol. The van der Waals surface area contributed by atoms with E-state index in [0.29, 0.717) is 11.5 Å². The van der Waals surface area contributed by atoms with Crippen molar-refractivity contribution in [3.63, 3.8) is 0 Å². The van der Waals surface area contributed by atoms with Gasteiger partial charge in [-0.1, -0.05) is 91.0 Å². The summed E-state index contributed by atoms with van der Waals surface area (Å²) in [6.45, 7) is 0. The maximum absolute atomic E-state index is 6.64. The molecule has 0 bridgehead atoms. The van der Waals surface area contributed by atoms with Crippen molar-refractivity contribution in [1.29, 1.82) is 0 Å². The molecule has 0 aliphatic carbocycles. The standard InChI is InChI=1S/C42H28N2O2/c1-4-12-29(13-5-1)30-20-22-33(23-21-30)44-36-25-24-34(43(31-14-6-2-7-15-31)32-16-8-3-9-17-32)28-35(36)41-37(44)26-27-40-42(41)46-39-19-11-10-18-38(39)45-40/h1-28H. The van der Waals surface area contributed by atoms with Crippen LogP contribution in [-0.4, -0.2) is 4.57 Å². The van der Waals surface area contributed by atoms with Crippen LogP contribution in [0.4, 0.5) is 17.1 Å². The van der Waals surface area contributed by atoms with Crippen molar-refractivity contribution in [2.24, 2.45) is 0 Å². The fourth-order valence-electron chi connectivity index (χ4n) is 6.53. The fraction of sp³-hybridized carbons (Fsp3) is 0.